The largest absolute Gasteiger partial charge is 0.488 e. The summed E-state index contributed by atoms with van der Waals surface area (Å²) in [6, 6.07) is 12.3. The van der Waals surface area contributed by atoms with E-state index in [0.29, 0.717) is 35.1 Å². The molecule has 1 heterocycles. The fourth-order valence-corrected chi connectivity index (χ4v) is 3.32. The molecule has 3 rings (SSSR count). The van der Waals surface area contributed by atoms with Crippen molar-refractivity contribution in [3.05, 3.63) is 65.1 Å². The van der Waals surface area contributed by atoms with Crippen LogP contribution in [0.25, 0.3) is 11.4 Å². The lowest BCUT2D eigenvalue weighted by molar-refractivity contribution is 0.112. The summed E-state index contributed by atoms with van der Waals surface area (Å²) in [5, 5.41) is 9.44. The minimum Gasteiger partial charge on any atom is -0.488 e. The molecule has 1 unspecified atom stereocenters. The first-order valence-corrected chi connectivity index (χ1v) is 11.1. The Labute approximate surface area is 174 Å². The van der Waals surface area contributed by atoms with Crippen LogP contribution in [0.1, 0.15) is 13.3 Å². The Bertz CT molecular complexity index is 1170. The number of hydrogen-bond donors (Lipinski definition) is 2. The summed E-state index contributed by atoms with van der Waals surface area (Å²) in [5.41, 5.74) is 0.257. The summed E-state index contributed by atoms with van der Waals surface area (Å²) in [7, 11) is -3.31. The third kappa shape index (κ3) is 5.46. The Kier molecular flexibility index (Phi) is 6.53. The number of benzene rings is 2. The summed E-state index contributed by atoms with van der Waals surface area (Å²) in [4.78, 5) is 18.7. The van der Waals surface area contributed by atoms with Gasteiger partial charge < -0.3 is 19.6 Å². The van der Waals surface area contributed by atoms with Gasteiger partial charge in [0, 0.05) is 30.1 Å². The van der Waals surface area contributed by atoms with Crippen molar-refractivity contribution in [1.82, 2.24) is 9.97 Å². The van der Waals surface area contributed by atoms with E-state index < -0.39 is 15.9 Å². The van der Waals surface area contributed by atoms with Gasteiger partial charge >= 0.3 is 0 Å². The zero-order valence-electron chi connectivity index (χ0n) is 16.5. The minimum absolute atomic E-state index is 0.149. The maximum Gasteiger partial charge on any atom is 0.251 e. The van der Waals surface area contributed by atoms with Gasteiger partial charge in [-0.1, -0.05) is 6.92 Å². The quantitative estimate of drug-likeness (QED) is 0.564. The van der Waals surface area contributed by atoms with Crippen LogP contribution in [0.2, 0.25) is 0 Å². The molecule has 3 aromatic rings. The molecule has 1 atom stereocenters. The standard InChI is InChI=1S/C21H22N2O6S/c1-3-15(13-24)28-17-10-14(21-22-9-8-20(25)23-21)11-18(12-17)29-16-4-6-19(7-5-16)30(2,26)27/h4-12,15,24H,3,13H2,1-2H3,(H,22,23,25). The lowest BCUT2D eigenvalue weighted by atomic mass is 10.1. The number of aromatic nitrogens is 2. The first-order valence-electron chi connectivity index (χ1n) is 9.24. The number of aliphatic hydroxyl groups is 1. The van der Waals surface area contributed by atoms with E-state index in [1.807, 2.05) is 6.92 Å². The number of nitrogens with one attached hydrogen (secondary N) is 1. The Morgan fingerprint density at radius 1 is 1.07 bits per heavy atom. The van der Waals surface area contributed by atoms with Gasteiger partial charge in [-0.25, -0.2) is 13.4 Å². The molecular formula is C21H22N2O6S. The van der Waals surface area contributed by atoms with Crippen molar-refractivity contribution in [2.45, 2.75) is 24.3 Å². The Balaban J connectivity index is 1.97. The number of aromatic amines is 1. The highest BCUT2D eigenvalue weighted by Crippen LogP contribution is 2.32. The van der Waals surface area contributed by atoms with Crippen molar-refractivity contribution in [3.8, 4) is 28.6 Å². The molecule has 0 aliphatic heterocycles. The minimum atomic E-state index is -3.31. The second-order valence-electron chi connectivity index (χ2n) is 6.65. The van der Waals surface area contributed by atoms with Crippen LogP contribution in [0.3, 0.4) is 0 Å². The lowest BCUT2D eigenvalue weighted by Crippen LogP contribution is -2.19. The number of hydrogen-bond acceptors (Lipinski definition) is 7. The first-order chi connectivity index (χ1) is 14.3. The molecule has 0 amide bonds. The molecule has 0 saturated heterocycles. The third-order valence-electron chi connectivity index (χ3n) is 4.27. The van der Waals surface area contributed by atoms with E-state index >= 15 is 0 Å². The molecule has 2 aromatic carbocycles. The van der Waals surface area contributed by atoms with Gasteiger partial charge in [0.25, 0.3) is 5.56 Å². The van der Waals surface area contributed by atoms with E-state index in [1.165, 1.54) is 24.4 Å². The van der Waals surface area contributed by atoms with Gasteiger partial charge in [0.2, 0.25) is 0 Å². The van der Waals surface area contributed by atoms with Crippen LogP contribution in [0.5, 0.6) is 17.2 Å². The smallest absolute Gasteiger partial charge is 0.251 e. The van der Waals surface area contributed by atoms with E-state index in [1.54, 1.807) is 30.3 Å². The van der Waals surface area contributed by atoms with Gasteiger partial charge in [0.15, 0.2) is 9.84 Å². The molecule has 0 spiro atoms. The van der Waals surface area contributed by atoms with Crippen molar-refractivity contribution in [2.24, 2.45) is 0 Å². The van der Waals surface area contributed by atoms with E-state index in [2.05, 4.69) is 9.97 Å². The van der Waals surface area contributed by atoms with E-state index in [9.17, 15) is 18.3 Å². The van der Waals surface area contributed by atoms with Crippen LogP contribution in [-0.4, -0.2) is 42.5 Å². The van der Waals surface area contributed by atoms with Crippen LogP contribution >= 0.6 is 0 Å². The molecule has 0 aliphatic carbocycles. The molecule has 30 heavy (non-hydrogen) atoms. The second kappa shape index (κ2) is 9.10. The summed E-state index contributed by atoms with van der Waals surface area (Å²) < 4.78 is 34.9. The fourth-order valence-electron chi connectivity index (χ4n) is 2.69. The SMILES string of the molecule is CCC(CO)Oc1cc(Oc2ccc(S(C)(=O)=O)cc2)cc(-c2nccc(=O)[nH]2)c1. The number of aliphatic hydroxyl groups excluding tert-OH is 1. The number of H-pyrrole nitrogens is 1. The number of ether oxygens (including phenoxy) is 2. The van der Waals surface area contributed by atoms with E-state index in [-0.39, 0.29) is 17.1 Å². The van der Waals surface area contributed by atoms with Crippen LogP contribution in [0.15, 0.2) is 64.4 Å². The average Bonchev–Trinajstić information content (AvgIpc) is 2.71. The van der Waals surface area contributed by atoms with Crippen molar-refractivity contribution in [3.63, 3.8) is 0 Å². The molecule has 0 aliphatic rings. The van der Waals surface area contributed by atoms with Crippen LogP contribution in [-0.2, 0) is 9.84 Å². The van der Waals surface area contributed by atoms with Crippen LogP contribution < -0.4 is 15.0 Å². The second-order valence-corrected chi connectivity index (χ2v) is 8.67. The monoisotopic (exact) mass is 430 g/mol. The maximum absolute atomic E-state index is 11.7. The molecule has 0 saturated carbocycles. The van der Waals surface area contributed by atoms with Crippen LogP contribution in [0.4, 0.5) is 0 Å². The highest BCUT2D eigenvalue weighted by atomic mass is 32.2. The Hall–Kier alpha value is -3.17. The first kappa shape index (κ1) is 21.5. The van der Waals surface area contributed by atoms with Gasteiger partial charge in [-0.05, 0) is 42.8 Å². The van der Waals surface area contributed by atoms with Gasteiger partial charge in [-0.3, -0.25) is 4.79 Å². The Morgan fingerprint density at radius 3 is 2.37 bits per heavy atom. The van der Waals surface area contributed by atoms with Crippen molar-refractivity contribution in [1.29, 1.82) is 0 Å². The molecule has 158 valence electrons. The summed E-state index contributed by atoms with van der Waals surface area (Å²) in [6.45, 7) is 1.74. The molecule has 0 fully saturated rings. The molecule has 9 heteroatoms. The predicted octanol–water partition coefficient (Wildman–Crippen LogP) is 2.78. The van der Waals surface area contributed by atoms with Gasteiger partial charge in [-0.2, -0.15) is 0 Å². The highest BCUT2D eigenvalue weighted by Gasteiger charge is 2.13. The number of rotatable bonds is 8. The zero-order chi connectivity index (χ0) is 21.7. The molecule has 8 nitrogen and oxygen atoms in total. The van der Waals surface area contributed by atoms with Crippen molar-refractivity contribution >= 4 is 9.84 Å². The Morgan fingerprint density at radius 2 is 1.77 bits per heavy atom. The van der Waals surface area contributed by atoms with Crippen molar-refractivity contribution in [2.75, 3.05) is 12.9 Å². The molecular weight excluding hydrogens is 408 g/mol. The molecule has 1 aromatic heterocycles. The van der Waals surface area contributed by atoms with Gasteiger partial charge in [0.1, 0.15) is 29.2 Å². The molecule has 0 radical (unpaired) electrons. The third-order valence-corrected chi connectivity index (χ3v) is 5.40. The summed E-state index contributed by atoms with van der Waals surface area (Å²) >= 11 is 0. The highest BCUT2D eigenvalue weighted by molar-refractivity contribution is 7.90. The van der Waals surface area contributed by atoms with Crippen molar-refractivity contribution < 1.29 is 23.0 Å². The fraction of sp³-hybridized carbons (Fsp3) is 0.238. The van der Waals surface area contributed by atoms with Crippen LogP contribution in [0, 0.1) is 0 Å². The summed E-state index contributed by atoms with van der Waals surface area (Å²) in [5.74, 6) is 1.59. The van der Waals surface area contributed by atoms with E-state index in [4.69, 9.17) is 9.47 Å². The molecule has 2 N–H and O–H groups in total. The lowest BCUT2D eigenvalue weighted by Gasteiger charge is -2.17. The molecule has 0 bridgehead atoms. The number of sulfone groups is 1. The van der Waals surface area contributed by atoms with Gasteiger partial charge in [0.05, 0.1) is 11.5 Å². The van der Waals surface area contributed by atoms with Gasteiger partial charge in [-0.15, -0.1) is 0 Å². The predicted molar refractivity (Wildman–Crippen MR) is 112 cm³/mol. The van der Waals surface area contributed by atoms with E-state index in [0.717, 1.165) is 6.26 Å². The topological polar surface area (TPSA) is 119 Å². The summed E-state index contributed by atoms with van der Waals surface area (Å²) in [6.07, 6.45) is 2.73. The normalized spacial score (nSPS) is 12.4. The number of nitrogens with zero attached hydrogens (tertiary/aromatic N) is 1. The average molecular weight is 430 g/mol. The zero-order valence-corrected chi connectivity index (χ0v) is 17.3. The maximum atomic E-state index is 11.7.